The van der Waals surface area contributed by atoms with Gasteiger partial charge >= 0.3 is 6.03 Å². The molecule has 0 aromatic heterocycles. The number of hydrogen-bond acceptors (Lipinski definition) is 3. The van der Waals surface area contributed by atoms with Crippen molar-refractivity contribution in [2.45, 2.75) is 77.2 Å². The van der Waals surface area contributed by atoms with Crippen LogP contribution in [0.2, 0.25) is 0 Å². The van der Waals surface area contributed by atoms with Gasteiger partial charge in [-0.15, -0.1) is 0 Å². The minimum Gasteiger partial charge on any atom is -0.378 e. The van der Waals surface area contributed by atoms with Crippen LogP contribution in [0.1, 0.15) is 52.9 Å². The molecule has 2 atom stereocenters. The van der Waals surface area contributed by atoms with Crippen molar-refractivity contribution < 1.29 is 14.3 Å². The molecule has 2 fully saturated rings. The first-order valence-corrected chi connectivity index (χ1v) is 8.38. The predicted octanol–water partition coefficient (Wildman–Crippen LogP) is 2.45. The number of urea groups is 1. The van der Waals surface area contributed by atoms with Gasteiger partial charge in [0.2, 0.25) is 0 Å². The van der Waals surface area contributed by atoms with E-state index in [9.17, 15) is 4.79 Å². The molecule has 5 nitrogen and oxygen atoms in total. The summed E-state index contributed by atoms with van der Waals surface area (Å²) in [6.45, 7) is 7.72. The summed E-state index contributed by atoms with van der Waals surface area (Å²) < 4.78 is 11.2. The molecular formula is C16H30N2O3. The third-order valence-electron chi connectivity index (χ3n) is 4.47. The summed E-state index contributed by atoms with van der Waals surface area (Å²) in [7, 11) is 0. The van der Waals surface area contributed by atoms with E-state index in [1.54, 1.807) is 0 Å². The molecule has 1 saturated heterocycles. The van der Waals surface area contributed by atoms with Gasteiger partial charge in [-0.3, -0.25) is 0 Å². The van der Waals surface area contributed by atoms with Crippen LogP contribution in [-0.2, 0) is 9.47 Å². The molecule has 2 aliphatic rings. The molecule has 2 rings (SSSR count). The van der Waals surface area contributed by atoms with Crippen LogP contribution >= 0.6 is 0 Å². The highest BCUT2D eigenvalue weighted by Crippen LogP contribution is 2.32. The van der Waals surface area contributed by atoms with Gasteiger partial charge < -0.3 is 20.1 Å². The lowest BCUT2D eigenvalue weighted by Gasteiger charge is -2.35. The number of nitrogens with one attached hydrogen (secondary N) is 2. The van der Waals surface area contributed by atoms with Crippen LogP contribution in [-0.4, -0.2) is 43.5 Å². The number of rotatable bonds is 6. The van der Waals surface area contributed by atoms with Crippen LogP contribution < -0.4 is 10.6 Å². The first kappa shape index (κ1) is 16.6. The van der Waals surface area contributed by atoms with Crippen LogP contribution in [0.25, 0.3) is 0 Å². The van der Waals surface area contributed by atoms with Crippen molar-refractivity contribution in [1.29, 1.82) is 0 Å². The van der Waals surface area contributed by atoms with Gasteiger partial charge in [0.05, 0.1) is 18.3 Å². The summed E-state index contributed by atoms with van der Waals surface area (Å²) in [5.74, 6) is 0.713. The fraction of sp³-hybridized carbons (Fsp3) is 0.938. The van der Waals surface area contributed by atoms with Crippen molar-refractivity contribution in [3.63, 3.8) is 0 Å². The van der Waals surface area contributed by atoms with E-state index in [2.05, 4.69) is 24.5 Å². The molecule has 5 heteroatoms. The zero-order valence-corrected chi connectivity index (χ0v) is 13.6. The molecule has 0 bridgehead atoms. The highest BCUT2D eigenvalue weighted by atomic mass is 16.5. The van der Waals surface area contributed by atoms with Gasteiger partial charge in [0.25, 0.3) is 0 Å². The van der Waals surface area contributed by atoms with Gasteiger partial charge in [-0.25, -0.2) is 4.79 Å². The summed E-state index contributed by atoms with van der Waals surface area (Å²) >= 11 is 0. The maximum absolute atomic E-state index is 11.9. The SMILES string of the molecule is CCOC1CC(CCNC(=O)NC2C[C@H](C)O[C@@H](C)C2)C1. The zero-order chi connectivity index (χ0) is 15.2. The van der Waals surface area contributed by atoms with Crippen LogP contribution in [0.15, 0.2) is 0 Å². The summed E-state index contributed by atoms with van der Waals surface area (Å²) in [5, 5.41) is 6.04. The highest BCUT2D eigenvalue weighted by molar-refractivity contribution is 5.74. The molecule has 0 radical (unpaired) electrons. The van der Waals surface area contributed by atoms with Crippen molar-refractivity contribution in [3.8, 4) is 0 Å². The fourth-order valence-electron chi connectivity index (χ4n) is 3.43. The van der Waals surface area contributed by atoms with Crippen molar-refractivity contribution in [2.24, 2.45) is 5.92 Å². The van der Waals surface area contributed by atoms with Gasteiger partial charge in [0.1, 0.15) is 0 Å². The predicted molar refractivity (Wildman–Crippen MR) is 82.3 cm³/mol. The molecule has 0 unspecified atom stereocenters. The molecule has 21 heavy (non-hydrogen) atoms. The van der Waals surface area contributed by atoms with Gasteiger partial charge in [-0.2, -0.15) is 0 Å². The Bertz CT molecular complexity index is 321. The Morgan fingerprint density at radius 1 is 1.19 bits per heavy atom. The van der Waals surface area contributed by atoms with Crippen molar-refractivity contribution in [3.05, 3.63) is 0 Å². The highest BCUT2D eigenvalue weighted by Gasteiger charge is 2.29. The molecule has 0 aromatic carbocycles. The fourth-order valence-corrected chi connectivity index (χ4v) is 3.43. The topological polar surface area (TPSA) is 59.6 Å². The first-order chi connectivity index (χ1) is 10.1. The number of carbonyl (C=O) groups excluding carboxylic acids is 1. The maximum Gasteiger partial charge on any atom is 0.315 e. The van der Waals surface area contributed by atoms with Gasteiger partial charge in [-0.05, 0) is 58.8 Å². The largest absolute Gasteiger partial charge is 0.378 e. The Balaban J connectivity index is 1.54. The van der Waals surface area contributed by atoms with E-state index >= 15 is 0 Å². The van der Waals surface area contributed by atoms with E-state index in [1.165, 1.54) is 0 Å². The molecule has 1 aliphatic carbocycles. The van der Waals surface area contributed by atoms with E-state index in [4.69, 9.17) is 9.47 Å². The average Bonchev–Trinajstić information content (AvgIpc) is 2.34. The van der Waals surface area contributed by atoms with Crippen LogP contribution in [0.3, 0.4) is 0 Å². The average molecular weight is 298 g/mol. The number of ether oxygens (including phenoxy) is 2. The molecule has 1 saturated carbocycles. The minimum absolute atomic E-state index is 0.0398. The summed E-state index contributed by atoms with van der Waals surface area (Å²) in [4.78, 5) is 11.9. The quantitative estimate of drug-likeness (QED) is 0.792. The Morgan fingerprint density at radius 3 is 2.48 bits per heavy atom. The molecule has 0 spiro atoms. The summed E-state index contributed by atoms with van der Waals surface area (Å²) in [6.07, 6.45) is 6.05. The van der Waals surface area contributed by atoms with Gasteiger partial charge in [0.15, 0.2) is 0 Å². The molecule has 1 aliphatic heterocycles. The lowest BCUT2D eigenvalue weighted by molar-refractivity contribution is -0.0402. The zero-order valence-electron chi connectivity index (χ0n) is 13.6. The molecule has 122 valence electrons. The van der Waals surface area contributed by atoms with E-state index in [0.29, 0.717) is 12.0 Å². The Labute approximate surface area is 128 Å². The van der Waals surface area contributed by atoms with E-state index < -0.39 is 0 Å². The smallest absolute Gasteiger partial charge is 0.315 e. The standard InChI is InChI=1S/C16H30N2O3/c1-4-20-15-9-13(10-15)5-6-17-16(19)18-14-7-11(2)21-12(3)8-14/h11-15H,4-10H2,1-3H3,(H2,17,18,19)/t11-,12-,13?,15?/m0/s1. The van der Waals surface area contributed by atoms with E-state index in [1.807, 2.05) is 6.92 Å². The van der Waals surface area contributed by atoms with E-state index in [0.717, 1.165) is 45.3 Å². The van der Waals surface area contributed by atoms with Crippen molar-refractivity contribution >= 4 is 6.03 Å². The summed E-state index contributed by atoms with van der Waals surface area (Å²) in [5.41, 5.74) is 0. The second kappa shape index (κ2) is 7.99. The maximum atomic E-state index is 11.9. The Hall–Kier alpha value is -0.810. The molecule has 0 aromatic rings. The first-order valence-electron chi connectivity index (χ1n) is 8.38. The minimum atomic E-state index is -0.0398. The Morgan fingerprint density at radius 2 is 1.86 bits per heavy atom. The van der Waals surface area contributed by atoms with Crippen LogP contribution in [0, 0.1) is 5.92 Å². The van der Waals surface area contributed by atoms with Crippen LogP contribution in [0.4, 0.5) is 4.79 Å². The van der Waals surface area contributed by atoms with Gasteiger partial charge in [-0.1, -0.05) is 0 Å². The number of hydrogen-bond donors (Lipinski definition) is 2. The molecule has 2 N–H and O–H groups in total. The second-order valence-electron chi connectivity index (χ2n) is 6.53. The third-order valence-corrected chi connectivity index (χ3v) is 4.47. The lowest BCUT2D eigenvalue weighted by Crippen LogP contribution is -2.48. The normalized spacial score (nSPS) is 35.9. The van der Waals surface area contributed by atoms with Crippen molar-refractivity contribution in [1.82, 2.24) is 10.6 Å². The van der Waals surface area contributed by atoms with Gasteiger partial charge in [0, 0.05) is 19.2 Å². The molecule has 2 amide bonds. The second-order valence-corrected chi connectivity index (χ2v) is 6.53. The summed E-state index contributed by atoms with van der Waals surface area (Å²) in [6, 6.07) is 0.191. The molecule has 1 heterocycles. The lowest BCUT2D eigenvalue weighted by atomic mass is 9.80. The van der Waals surface area contributed by atoms with Crippen LogP contribution in [0.5, 0.6) is 0 Å². The molecular weight excluding hydrogens is 268 g/mol. The third kappa shape index (κ3) is 5.47. The Kier molecular flexibility index (Phi) is 6.30. The number of amides is 2. The van der Waals surface area contributed by atoms with Crippen molar-refractivity contribution in [2.75, 3.05) is 13.2 Å². The number of carbonyl (C=O) groups is 1. The van der Waals surface area contributed by atoms with E-state index in [-0.39, 0.29) is 24.3 Å². The monoisotopic (exact) mass is 298 g/mol.